The summed E-state index contributed by atoms with van der Waals surface area (Å²) in [7, 11) is 0. The van der Waals surface area contributed by atoms with Gasteiger partial charge in [0.1, 0.15) is 0 Å². The molecule has 1 heterocycles. The number of hydrogen-bond acceptors (Lipinski definition) is 4. The van der Waals surface area contributed by atoms with Crippen molar-refractivity contribution in [3.63, 3.8) is 0 Å². The number of nitrogens with zero attached hydrogens (tertiary/aromatic N) is 2. The highest BCUT2D eigenvalue weighted by Crippen LogP contribution is 2.07. The molecule has 1 unspecified atom stereocenters. The molecule has 4 nitrogen and oxygen atoms in total. The standard InChI is InChI=1S/C10H17N3O/c1-7(2)9(6-14)13-10-11-5-4-8(3)12-10/h4-5,7,9,14H,6H2,1-3H3,(H,11,12,13). The zero-order valence-corrected chi connectivity index (χ0v) is 8.86. The van der Waals surface area contributed by atoms with Gasteiger partial charge in [0, 0.05) is 11.9 Å². The van der Waals surface area contributed by atoms with E-state index in [0.717, 1.165) is 5.69 Å². The molecule has 0 spiro atoms. The van der Waals surface area contributed by atoms with Crippen molar-refractivity contribution in [3.05, 3.63) is 18.0 Å². The lowest BCUT2D eigenvalue weighted by molar-refractivity contribution is 0.248. The number of hydrogen-bond donors (Lipinski definition) is 2. The molecule has 0 aliphatic heterocycles. The van der Waals surface area contributed by atoms with Crippen LogP contribution in [0.15, 0.2) is 12.3 Å². The molecule has 0 aliphatic rings. The Hall–Kier alpha value is -1.16. The van der Waals surface area contributed by atoms with Gasteiger partial charge in [-0.15, -0.1) is 0 Å². The van der Waals surface area contributed by atoms with Gasteiger partial charge < -0.3 is 10.4 Å². The molecule has 1 rings (SSSR count). The third-order valence-corrected chi connectivity index (χ3v) is 2.11. The lowest BCUT2D eigenvalue weighted by Crippen LogP contribution is -2.30. The number of aliphatic hydroxyl groups is 1. The van der Waals surface area contributed by atoms with Gasteiger partial charge in [-0.3, -0.25) is 0 Å². The van der Waals surface area contributed by atoms with Crippen LogP contribution in [0.5, 0.6) is 0 Å². The molecule has 0 radical (unpaired) electrons. The summed E-state index contributed by atoms with van der Waals surface area (Å²) in [5.74, 6) is 0.932. The second kappa shape index (κ2) is 4.91. The van der Waals surface area contributed by atoms with Crippen molar-refractivity contribution < 1.29 is 5.11 Å². The first-order valence-corrected chi connectivity index (χ1v) is 4.80. The summed E-state index contributed by atoms with van der Waals surface area (Å²) < 4.78 is 0. The quantitative estimate of drug-likeness (QED) is 0.758. The third-order valence-electron chi connectivity index (χ3n) is 2.11. The van der Waals surface area contributed by atoms with E-state index in [2.05, 4.69) is 15.3 Å². The number of nitrogens with one attached hydrogen (secondary N) is 1. The Balaban J connectivity index is 2.67. The monoisotopic (exact) mass is 195 g/mol. The third kappa shape index (κ3) is 2.96. The Labute approximate surface area is 84.4 Å². The van der Waals surface area contributed by atoms with Crippen LogP contribution in [0.4, 0.5) is 5.95 Å². The van der Waals surface area contributed by atoms with E-state index >= 15 is 0 Å². The average Bonchev–Trinajstić information content (AvgIpc) is 2.14. The van der Waals surface area contributed by atoms with Crippen LogP contribution in [0.3, 0.4) is 0 Å². The van der Waals surface area contributed by atoms with Gasteiger partial charge in [-0.05, 0) is 18.9 Å². The van der Waals surface area contributed by atoms with Crippen molar-refractivity contribution in [2.24, 2.45) is 5.92 Å². The Bertz CT molecular complexity index is 288. The van der Waals surface area contributed by atoms with Gasteiger partial charge in [0.2, 0.25) is 5.95 Å². The van der Waals surface area contributed by atoms with E-state index in [1.165, 1.54) is 0 Å². The summed E-state index contributed by atoms with van der Waals surface area (Å²) >= 11 is 0. The molecule has 2 N–H and O–H groups in total. The number of aryl methyl sites for hydroxylation is 1. The number of anilines is 1. The molecule has 0 bridgehead atoms. The average molecular weight is 195 g/mol. The molecule has 14 heavy (non-hydrogen) atoms. The molecule has 78 valence electrons. The van der Waals surface area contributed by atoms with Gasteiger partial charge in [0.05, 0.1) is 12.6 Å². The van der Waals surface area contributed by atoms with E-state index < -0.39 is 0 Å². The van der Waals surface area contributed by atoms with E-state index in [1.54, 1.807) is 6.20 Å². The minimum absolute atomic E-state index is 0.0109. The second-order valence-electron chi connectivity index (χ2n) is 3.70. The highest BCUT2D eigenvalue weighted by atomic mass is 16.3. The molecule has 1 aromatic heterocycles. The fourth-order valence-electron chi connectivity index (χ4n) is 1.11. The van der Waals surface area contributed by atoms with E-state index in [9.17, 15) is 0 Å². The normalized spacial score (nSPS) is 12.9. The maximum absolute atomic E-state index is 9.11. The fourth-order valence-corrected chi connectivity index (χ4v) is 1.11. The minimum atomic E-state index is 0.0109. The van der Waals surface area contributed by atoms with Gasteiger partial charge in [-0.1, -0.05) is 13.8 Å². The van der Waals surface area contributed by atoms with Gasteiger partial charge in [-0.2, -0.15) is 0 Å². The molecule has 1 aromatic rings. The van der Waals surface area contributed by atoms with Crippen molar-refractivity contribution in [3.8, 4) is 0 Å². The predicted molar refractivity (Wildman–Crippen MR) is 56.1 cm³/mol. The van der Waals surface area contributed by atoms with Crippen LogP contribution in [0.25, 0.3) is 0 Å². The number of aliphatic hydroxyl groups excluding tert-OH is 1. The molecule has 0 fully saturated rings. The van der Waals surface area contributed by atoms with E-state index in [4.69, 9.17) is 5.11 Å². The van der Waals surface area contributed by atoms with Crippen LogP contribution in [-0.4, -0.2) is 27.7 Å². The minimum Gasteiger partial charge on any atom is -0.394 e. The fraction of sp³-hybridized carbons (Fsp3) is 0.600. The second-order valence-corrected chi connectivity index (χ2v) is 3.70. The molecule has 1 atom stereocenters. The molecule has 0 saturated heterocycles. The van der Waals surface area contributed by atoms with Gasteiger partial charge in [0.15, 0.2) is 0 Å². The van der Waals surface area contributed by atoms with Crippen molar-refractivity contribution in [2.45, 2.75) is 26.8 Å². The van der Waals surface area contributed by atoms with E-state index in [0.29, 0.717) is 11.9 Å². The van der Waals surface area contributed by atoms with Gasteiger partial charge in [-0.25, -0.2) is 9.97 Å². The van der Waals surface area contributed by atoms with Crippen LogP contribution < -0.4 is 5.32 Å². The van der Waals surface area contributed by atoms with Crippen molar-refractivity contribution in [2.75, 3.05) is 11.9 Å². The zero-order chi connectivity index (χ0) is 10.6. The lowest BCUT2D eigenvalue weighted by Gasteiger charge is -2.19. The maximum Gasteiger partial charge on any atom is 0.223 e. The van der Waals surface area contributed by atoms with Crippen LogP contribution in [-0.2, 0) is 0 Å². The number of aromatic nitrogens is 2. The van der Waals surface area contributed by atoms with Crippen LogP contribution in [0, 0.1) is 12.8 Å². The molecular formula is C10H17N3O. The smallest absolute Gasteiger partial charge is 0.223 e. The summed E-state index contributed by atoms with van der Waals surface area (Å²) in [6.07, 6.45) is 1.71. The Morgan fingerprint density at radius 3 is 2.71 bits per heavy atom. The first-order valence-electron chi connectivity index (χ1n) is 4.80. The summed E-state index contributed by atoms with van der Waals surface area (Å²) in [4.78, 5) is 8.29. The highest BCUT2D eigenvalue weighted by molar-refractivity contribution is 5.26. The van der Waals surface area contributed by atoms with Crippen molar-refractivity contribution >= 4 is 5.95 Å². The van der Waals surface area contributed by atoms with Gasteiger partial charge >= 0.3 is 0 Å². The first kappa shape index (κ1) is 10.9. The van der Waals surface area contributed by atoms with Crippen molar-refractivity contribution in [1.29, 1.82) is 0 Å². The van der Waals surface area contributed by atoms with Gasteiger partial charge in [0.25, 0.3) is 0 Å². The summed E-state index contributed by atoms with van der Waals surface area (Å²) in [5.41, 5.74) is 0.919. The Morgan fingerprint density at radius 2 is 2.21 bits per heavy atom. The van der Waals surface area contributed by atoms with Crippen LogP contribution >= 0.6 is 0 Å². The first-order chi connectivity index (χ1) is 6.63. The molecule has 0 saturated carbocycles. The number of rotatable bonds is 4. The lowest BCUT2D eigenvalue weighted by atomic mass is 10.1. The maximum atomic E-state index is 9.11. The zero-order valence-electron chi connectivity index (χ0n) is 8.86. The van der Waals surface area contributed by atoms with Crippen molar-refractivity contribution in [1.82, 2.24) is 9.97 Å². The van der Waals surface area contributed by atoms with E-state index in [1.807, 2.05) is 26.8 Å². The van der Waals surface area contributed by atoms with E-state index in [-0.39, 0.29) is 12.6 Å². The molecule has 4 heteroatoms. The predicted octanol–water partition coefficient (Wildman–Crippen LogP) is 1.21. The van der Waals surface area contributed by atoms with Crippen LogP contribution in [0.2, 0.25) is 0 Å². The molecule has 0 aromatic carbocycles. The SMILES string of the molecule is Cc1ccnc(NC(CO)C(C)C)n1. The Morgan fingerprint density at radius 1 is 1.50 bits per heavy atom. The summed E-state index contributed by atoms with van der Waals surface area (Å²) in [5, 5.41) is 12.2. The Kier molecular flexibility index (Phi) is 3.83. The molecular weight excluding hydrogens is 178 g/mol. The highest BCUT2D eigenvalue weighted by Gasteiger charge is 2.12. The summed E-state index contributed by atoms with van der Waals surface area (Å²) in [6, 6.07) is 1.85. The summed E-state index contributed by atoms with van der Waals surface area (Å²) in [6.45, 7) is 6.10. The largest absolute Gasteiger partial charge is 0.394 e. The topological polar surface area (TPSA) is 58.0 Å². The molecule has 0 aliphatic carbocycles. The molecule has 0 amide bonds. The van der Waals surface area contributed by atoms with Crippen LogP contribution in [0.1, 0.15) is 19.5 Å².